The quantitative estimate of drug-likeness (QED) is 0.641. The van der Waals surface area contributed by atoms with Crippen LogP contribution in [0.25, 0.3) is 0 Å². The van der Waals surface area contributed by atoms with Crippen molar-refractivity contribution in [2.24, 2.45) is 0 Å². The Balaban J connectivity index is 2.73. The average Bonchev–Trinajstić information content (AvgIpc) is 2.28. The highest BCUT2D eigenvalue weighted by atomic mass is 16.6. The van der Waals surface area contributed by atoms with Crippen LogP contribution < -0.4 is 5.32 Å². The van der Waals surface area contributed by atoms with Crippen molar-refractivity contribution in [2.75, 3.05) is 27.9 Å². The van der Waals surface area contributed by atoms with Crippen LogP contribution in [0.3, 0.4) is 0 Å². The molecule has 0 aromatic heterocycles. The molecule has 0 spiro atoms. The lowest BCUT2D eigenvalue weighted by atomic mass is 10.1. The molecule has 1 aliphatic heterocycles. The predicted molar refractivity (Wildman–Crippen MR) is 52.9 cm³/mol. The van der Waals surface area contributed by atoms with E-state index in [0.29, 0.717) is 0 Å². The highest BCUT2D eigenvalue weighted by Gasteiger charge is 2.42. The topological polar surface area (TPSA) is 86.2 Å². The van der Waals surface area contributed by atoms with Gasteiger partial charge < -0.3 is 24.1 Å². The molecule has 1 fully saturated rings. The number of carbonyl (C=O) groups excluding carboxylic acids is 1. The lowest BCUT2D eigenvalue weighted by molar-refractivity contribution is -0.166. The van der Waals surface area contributed by atoms with Gasteiger partial charge in [0.2, 0.25) is 0 Å². The fourth-order valence-electron chi connectivity index (χ4n) is 1.61. The van der Waals surface area contributed by atoms with E-state index in [-0.39, 0.29) is 6.61 Å². The summed E-state index contributed by atoms with van der Waals surface area (Å²) in [7, 11) is 4.33. The third-order valence-corrected chi connectivity index (χ3v) is 2.37. The summed E-state index contributed by atoms with van der Waals surface area (Å²) in [6.07, 6.45) is -3.67. The number of aliphatic hydroxyl groups excluding tert-OH is 1. The average molecular weight is 235 g/mol. The van der Waals surface area contributed by atoms with Gasteiger partial charge in [-0.25, -0.2) is 4.79 Å². The van der Waals surface area contributed by atoms with E-state index >= 15 is 0 Å². The van der Waals surface area contributed by atoms with Crippen molar-refractivity contribution < 1.29 is 28.8 Å². The maximum absolute atomic E-state index is 11.2. The number of amides is 1. The van der Waals surface area contributed by atoms with Crippen molar-refractivity contribution in [3.63, 3.8) is 0 Å². The zero-order valence-corrected chi connectivity index (χ0v) is 9.50. The minimum atomic E-state index is -0.960. The van der Waals surface area contributed by atoms with Crippen LogP contribution in [0.2, 0.25) is 0 Å². The summed E-state index contributed by atoms with van der Waals surface area (Å²) < 4.78 is 19.9. The third-order valence-electron chi connectivity index (χ3n) is 2.37. The Morgan fingerprint density at radius 3 is 2.62 bits per heavy atom. The maximum atomic E-state index is 11.2. The number of hydrogen-bond acceptors (Lipinski definition) is 6. The monoisotopic (exact) mass is 235 g/mol. The second kappa shape index (κ2) is 6.00. The molecule has 0 unspecified atom stereocenters. The first-order valence-corrected chi connectivity index (χ1v) is 4.83. The van der Waals surface area contributed by atoms with Gasteiger partial charge in [0.25, 0.3) is 0 Å². The summed E-state index contributed by atoms with van der Waals surface area (Å²) >= 11 is 0. The number of nitrogens with one attached hydrogen (secondary N) is 1. The van der Waals surface area contributed by atoms with E-state index in [2.05, 4.69) is 5.32 Å². The Labute approximate surface area is 93.6 Å². The zero-order valence-electron chi connectivity index (χ0n) is 9.50. The molecule has 1 heterocycles. The molecule has 1 amide bonds. The summed E-state index contributed by atoms with van der Waals surface area (Å²) in [5, 5.41) is 12.2. The molecule has 7 heteroatoms. The largest absolute Gasteiger partial charge is 0.440 e. The van der Waals surface area contributed by atoms with Crippen LogP contribution in [0.15, 0.2) is 0 Å². The van der Waals surface area contributed by atoms with Crippen LogP contribution in [-0.2, 0) is 18.9 Å². The Morgan fingerprint density at radius 2 is 2.12 bits per heavy atom. The number of ether oxygens (including phenoxy) is 4. The van der Waals surface area contributed by atoms with E-state index in [1.54, 1.807) is 0 Å². The molecule has 0 radical (unpaired) electrons. The van der Waals surface area contributed by atoms with Crippen LogP contribution in [0.4, 0.5) is 4.79 Å². The molecule has 16 heavy (non-hydrogen) atoms. The number of hydrogen-bond donors (Lipinski definition) is 2. The molecule has 0 aliphatic carbocycles. The molecule has 94 valence electrons. The van der Waals surface area contributed by atoms with Gasteiger partial charge in [-0.05, 0) is 0 Å². The van der Waals surface area contributed by atoms with Gasteiger partial charge in [-0.3, -0.25) is 5.32 Å². The standard InChI is InChI=1S/C9H17NO6/c1-13-4-5(11)6-7(14-2)8(15-3)10-9(12)16-6/h5-8,11H,4H2,1-3H3,(H,10,12)/t5-,6-,7+,8+/m1/s1. The maximum Gasteiger partial charge on any atom is 0.409 e. The molecule has 0 aromatic carbocycles. The first-order valence-electron chi connectivity index (χ1n) is 4.83. The molecule has 1 aliphatic rings. The minimum Gasteiger partial charge on any atom is -0.440 e. The molecule has 4 atom stereocenters. The van der Waals surface area contributed by atoms with E-state index in [4.69, 9.17) is 18.9 Å². The van der Waals surface area contributed by atoms with Crippen molar-refractivity contribution in [3.8, 4) is 0 Å². The van der Waals surface area contributed by atoms with Gasteiger partial charge in [0.1, 0.15) is 12.2 Å². The van der Waals surface area contributed by atoms with E-state index < -0.39 is 30.6 Å². The van der Waals surface area contributed by atoms with Crippen LogP contribution in [0, 0.1) is 0 Å². The van der Waals surface area contributed by atoms with Crippen LogP contribution in [0.1, 0.15) is 0 Å². The second-order valence-corrected chi connectivity index (χ2v) is 3.39. The molecule has 7 nitrogen and oxygen atoms in total. The lowest BCUT2D eigenvalue weighted by Gasteiger charge is -2.37. The molecule has 1 saturated heterocycles. The Kier molecular flexibility index (Phi) is 4.94. The van der Waals surface area contributed by atoms with Crippen LogP contribution in [0.5, 0.6) is 0 Å². The highest BCUT2D eigenvalue weighted by Crippen LogP contribution is 2.18. The SMILES string of the molecule is COC[C@@H](O)[C@H]1OC(=O)N[C@@H](OC)[C@H]1OC. The molecule has 0 aromatic rings. The smallest absolute Gasteiger partial charge is 0.409 e. The van der Waals surface area contributed by atoms with Gasteiger partial charge in [-0.15, -0.1) is 0 Å². The second-order valence-electron chi connectivity index (χ2n) is 3.39. The van der Waals surface area contributed by atoms with Crippen molar-refractivity contribution >= 4 is 6.09 Å². The van der Waals surface area contributed by atoms with E-state index in [1.807, 2.05) is 0 Å². The first-order chi connectivity index (χ1) is 7.63. The molecule has 1 rings (SSSR count). The molecule has 0 bridgehead atoms. The van der Waals surface area contributed by atoms with E-state index in [1.165, 1.54) is 21.3 Å². The number of methoxy groups -OCH3 is 3. The summed E-state index contributed by atoms with van der Waals surface area (Å²) in [5.74, 6) is 0. The summed E-state index contributed by atoms with van der Waals surface area (Å²) in [5.41, 5.74) is 0. The van der Waals surface area contributed by atoms with Gasteiger partial charge in [0.15, 0.2) is 12.3 Å². The van der Waals surface area contributed by atoms with Crippen molar-refractivity contribution in [1.82, 2.24) is 5.32 Å². The number of carbonyl (C=O) groups is 1. The summed E-state index contributed by atoms with van der Waals surface area (Å²) in [6.45, 7) is 0.0498. The fraction of sp³-hybridized carbons (Fsp3) is 0.889. The van der Waals surface area contributed by atoms with Crippen molar-refractivity contribution in [2.45, 2.75) is 24.5 Å². The lowest BCUT2D eigenvalue weighted by Crippen LogP contribution is -2.61. The Hall–Kier alpha value is -0.890. The third kappa shape index (κ3) is 2.82. The van der Waals surface area contributed by atoms with Gasteiger partial charge >= 0.3 is 6.09 Å². The number of aliphatic hydroxyl groups is 1. The van der Waals surface area contributed by atoms with Gasteiger partial charge in [0, 0.05) is 21.3 Å². The molecular formula is C9H17NO6. The van der Waals surface area contributed by atoms with Gasteiger partial charge in [-0.1, -0.05) is 0 Å². The number of rotatable bonds is 5. The Morgan fingerprint density at radius 1 is 1.44 bits per heavy atom. The normalized spacial score (nSPS) is 31.8. The Bertz CT molecular complexity index is 236. The van der Waals surface area contributed by atoms with Gasteiger partial charge in [0.05, 0.1) is 6.61 Å². The zero-order chi connectivity index (χ0) is 12.1. The van der Waals surface area contributed by atoms with E-state index in [9.17, 15) is 9.90 Å². The number of alkyl carbamates (subject to hydrolysis) is 1. The van der Waals surface area contributed by atoms with Gasteiger partial charge in [-0.2, -0.15) is 0 Å². The first kappa shape index (κ1) is 13.2. The number of cyclic esters (lactones) is 1. The molecular weight excluding hydrogens is 218 g/mol. The molecule has 0 saturated carbocycles. The fourth-order valence-corrected chi connectivity index (χ4v) is 1.61. The van der Waals surface area contributed by atoms with Crippen LogP contribution in [-0.4, -0.2) is 63.7 Å². The summed E-state index contributed by atoms with van der Waals surface area (Å²) in [6, 6.07) is 0. The minimum absolute atomic E-state index is 0.0498. The van der Waals surface area contributed by atoms with Crippen LogP contribution >= 0.6 is 0 Å². The van der Waals surface area contributed by atoms with Crippen molar-refractivity contribution in [1.29, 1.82) is 0 Å². The van der Waals surface area contributed by atoms with E-state index in [0.717, 1.165) is 0 Å². The van der Waals surface area contributed by atoms with Crippen molar-refractivity contribution in [3.05, 3.63) is 0 Å². The summed E-state index contributed by atoms with van der Waals surface area (Å²) in [4.78, 5) is 11.2. The molecule has 2 N–H and O–H groups in total. The predicted octanol–water partition coefficient (Wildman–Crippen LogP) is -0.910. The highest BCUT2D eigenvalue weighted by molar-refractivity contribution is 5.68.